The van der Waals surface area contributed by atoms with Gasteiger partial charge in [-0.05, 0) is 218 Å². The van der Waals surface area contributed by atoms with E-state index in [9.17, 15) is 0 Å². The summed E-state index contributed by atoms with van der Waals surface area (Å²) in [5.74, 6) is 7.37. The quantitative estimate of drug-likeness (QED) is 0.0346. The molecule has 0 aromatic heterocycles. The minimum absolute atomic E-state index is 0. The average Bonchev–Trinajstić information content (AvgIpc) is 0.786. The zero-order chi connectivity index (χ0) is 80.1. The molecule has 0 bridgehead atoms. The van der Waals surface area contributed by atoms with Gasteiger partial charge in [-0.3, -0.25) is 0 Å². The van der Waals surface area contributed by atoms with E-state index in [4.69, 9.17) is 56.8 Å². The molecular formula is C100H150O12. The number of ether oxygens (including phenoxy) is 12. The first-order chi connectivity index (χ1) is 52.7. The first-order valence-electron chi connectivity index (χ1n) is 41.5. The van der Waals surface area contributed by atoms with Gasteiger partial charge in [0.1, 0.15) is 74.1 Å². The lowest BCUT2D eigenvalue weighted by Gasteiger charge is -2.35. The summed E-state index contributed by atoms with van der Waals surface area (Å²) in [6.07, 6.45) is 16.6. The highest BCUT2D eigenvalue weighted by atomic mass is 16.5. The van der Waals surface area contributed by atoms with Crippen molar-refractivity contribution in [3.05, 3.63) is 201 Å². The van der Waals surface area contributed by atoms with Crippen molar-refractivity contribution in [2.75, 3.05) is 82.3 Å². The van der Waals surface area contributed by atoms with E-state index in [1.54, 1.807) is 28.4 Å². The van der Waals surface area contributed by atoms with Crippen LogP contribution in [0, 0.1) is 29.6 Å². The van der Waals surface area contributed by atoms with Crippen LogP contribution in [-0.2, 0) is 40.3 Å². The Bertz CT molecular complexity index is 3640. The van der Waals surface area contributed by atoms with Crippen molar-refractivity contribution in [3.8, 4) is 45.6 Å². The maximum absolute atomic E-state index is 6.75. The minimum atomic E-state index is -0.129. The van der Waals surface area contributed by atoms with Gasteiger partial charge in [-0.25, -0.2) is 0 Å². The predicted molar refractivity (Wildman–Crippen MR) is 467 cm³/mol. The van der Waals surface area contributed by atoms with E-state index >= 15 is 0 Å². The number of benzene rings is 7. The minimum Gasteiger partial charge on any atom is -0.490 e. The summed E-state index contributed by atoms with van der Waals surface area (Å²) in [5, 5.41) is 0. The molecule has 7 aromatic carbocycles. The Morgan fingerprint density at radius 2 is 0.714 bits per heavy atom. The molecule has 622 valence electrons. The third-order valence-corrected chi connectivity index (χ3v) is 23.1. The molecule has 12 heteroatoms. The summed E-state index contributed by atoms with van der Waals surface area (Å²) >= 11 is 0. The van der Waals surface area contributed by atoms with Crippen LogP contribution in [-0.4, -0.2) is 82.3 Å². The molecule has 2 aliphatic rings. The number of methoxy groups -OCH3 is 6. The molecule has 8 atom stereocenters. The zero-order valence-electron chi connectivity index (χ0n) is 72.1. The Balaban J connectivity index is 0.000000299. The first kappa shape index (κ1) is 95.7. The maximum Gasteiger partial charge on any atom is 0.131 e. The van der Waals surface area contributed by atoms with Crippen LogP contribution in [0.4, 0.5) is 0 Å². The summed E-state index contributed by atoms with van der Waals surface area (Å²) in [4.78, 5) is 0. The van der Waals surface area contributed by atoms with Crippen LogP contribution < -0.4 is 28.4 Å². The summed E-state index contributed by atoms with van der Waals surface area (Å²) < 4.78 is 73.7. The van der Waals surface area contributed by atoms with Crippen LogP contribution >= 0.6 is 0 Å². The predicted octanol–water partition coefficient (Wildman–Crippen LogP) is 27.4. The highest BCUT2D eigenvalue weighted by Gasteiger charge is 2.37. The van der Waals surface area contributed by atoms with E-state index in [2.05, 4.69) is 201 Å². The summed E-state index contributed by atoms with van der Waals surface area (Å²) in [5.41, 5.74) is 15.3. The van der Waals surface area contributed by atoms with Gasteiger partial charge in [0.05, 0.1) is 36.6 Å². The second-order valence-corrected chi connectivity index (χ2v) is 33.5. The van der Waals surface area contributed by atoms with Crippen LogP contribution in [0.5, 0.6) is 34.5 Å². The Labute approximate surface area is 680 Å². The lowest BCUT2D eigenvalue weighted by molar-refractivity contribution is 0.00570. The molecule has 0 amide bonds. The smallest absolute Gasteiger partial charge is 0.131 e. The normalized spacial score (nSPS) is 15.7. The van der Waals surface area contributed by atoms with E-state index in [1.165, 1.54) is 97.6 Å². The van der Waals surface area contributed by atoms with Crippen LogP contribution in [0.2, 0.25) is 0 Å². The summed E-state index contributed by atoms with van der Waals surface area (Å²) in [6, 6.07) is 49.0. The zero-order valence-corrected chi connectivity index (χ0v) is 72.1. The van der Waals surface area contributed by atoms with Crippen molar-refractivity contribution in [2.24, 2.45) is 22.7 Å². The van der Waals surface area contributed by atoms with E-state index < -0.39 is 0 Å². The number of aryl methyl sites for hydroxylation is 2. The molecule has 0 spiro atoms. The molecular weight excluding hydrogens is 1390 g/mol. The Hall–Kier alpha value is -6.90. The van der Waals surface area contributed by atoms with E-state index in [0.717, 1.165) is 99.1 Å². The number of hydrogen-bond donors (Lipinski definition) is 0. The SMILES string of the molecule is C.C.CCC(C)c1ccc(OCCOc2c(C(C)OC)cc(-c3ccccc3)cc2C(C)OC)cc1.CCC(C)c1ccc(OCCOc2c(C(OC)C(C)(C)C)cc(C)cc2C(OC)C(C)(C)C)cc1.CCc1cc(C(OC)C2CCCCC2)c(OCCOc2ccc(C(C)(C)CC)cc2)c(C(OC)C2CCCCC2)c1. The van der Waals surface area contributed by atoms with Crippen LogP contribution in [0.1, 0.15) is 319 Å². The molecule has 8 unspecified atom stereocenters. The lowest BCUT2D eigenvalue weighted by Crippen LogP contribution is -2.25. The van der Waals surface area contributed by atoms with Gasteiger partial charge in [-0.2, -0.15) is 0 Å². The third kappa shape index (κ3) is 27.1. The highest BCUT2D eigenvalue weighted by molar-refractivity contribution is 5.68. The van der Waals surface area contributed by atoms with E-state index in [0.29, 0.717) is 63.3 Å². The van der Waals surface area contributed by atoms with Gasteiger partial charge < -0.3 is 56.8 Å². The second kappa shape index (κ2) is 47.2. The van der Waals surface area contributed by atoms with Crippen molar-refractivity contribution in [1.82, 2.24) is 0 Å². The van der Waals surface area contributed by atoms with Gasteiger partial charge in [0.25, 0.3) is 0 Å². The lowest BCUT2D eigenvalue weighted by atomic mass is 9.79. The molecule has 0 aliphatic heterocycles. The molecule has 2 saturated carbocycles. The van der Waals surface area contributed by atoms with Crippen molar-refractivity contribution in [1.29, 1.82) is 0 Å². The fourth-order valence-electron chi connectivity index (χ4n) is 15.7. The standard InChI is InChI=1S/C37H56O4.C31H48O4.C30H38O4.2CH4/c1-7-27-25-32(34(38-5)28-15-11-9-12-16-28)36(33(26-27)35(39-6)29-17-13-10-14-18-29)41-24-23-40-31-21-19-30(20-22-31)37(3,4)8-2;1-12-22(3)23-13-15-24(16-14-23)34-17-18-35-27-25(28(32-10)30(4,5)6)19-21(2)20-26(27)29(33-11)31(7,8)9;1-7-21(2)24-13-15-27(16-14-24)33-17-18-34-30-28(22(3)31-5)19-26(20-29(30)23(4)32-6)25-11-9-8-10-12-25;;/h19-22,25-26,28-29,34-35H,7-18,23-24H2,1-6H3;13-16,19-20,22,28-29H,12,17-18H2,1-11H3;8-16,19-23H,7,17-18H2,1-6H3;2*1H4. The van der Waals surface area contributed by atoms with Gasteiger partial charge >= 0.3 is 0 Å². The summed E-state index contributed by atoms with van der Waals surface area (Å²) in [6.45, 7) is 40.0. The molecule has 7 aromatic rings. The fourth-order valence-corrected chi connectivity index (χ4v) is 15.7. The molecule has 0 radical (unpaired) electrons. The number of hydrogen-bond acceptors (Lipinski definition) is 12. The largest absolute Gasteiger partial charge is 0.490 e. The Morgan fingerprint density at radius 1 is 0.366 bits per heavy atom. The molecule has 2 fully saturated rings. The molecule has 12 nitrogen and oxygen atoms in total. The van der Waals surface area contributed by atoms with E-state index in [1.807, 2.05) is 70.5 Å². The molecule has 112 heavy (non-hydrogen) atoms. The van der Waals surface area contributed by atoms with E-state index in [-0.39, 0.29) is 67.7 Å². The van der Waals surface area contributed by atoms with Gasteiger partial charge in [-0.1, -0.05) is 223 Å². The van der Waals surface area contributed by atoms with Gasteiger partial charge in [0.15, 0.2) is 0 Å². The van der Waals surface area contributed by atoms with Crippen LogP contribution in [0.3, 0.4) is 0 Å². The van der Waals surface area contributed by atoms with Gasteiger partial charge in [0, 0.05) is 76.0 Å². The first-order valence-corrected chi connectivity index (χ1v) is 41.5. The van der Waals surface area contributed by atoms with Crippen molar-refractivity contribution < 1.29 is 56.8 Å². The highest BCUT2D eigenvalue weighted by Crippen LogP contribution is 2.50. The Kier molecular flexibility index (Phi) is 40.3. The monoisotopic (exact) mass is 1540 g/mol. The van der Waals surface area contributed by atoms with Crippen LogP contribution in [0.25, 0.3) is 11.1 Å². The van der Waals surface area contributed by atoms with Crippen molar-refractivity contribution in [2.45, 2.75) is 276 Å². The topological polar surface area (TPSA) is 111 Å². The summed E-state index contributed by atoms with van der Waals surface area (Å²) in [7, 11) is 10.7. The van der Waals surface area contributed by atoms with Gasteiger partial charge in [-0.15, -0.1) is 0 Å². The molecule has 9 rings (SSSR count). The number of rotatable bonds is 37. The average molecular weight is 1540 g/mol. The van der Waals surface area contributed by atoms with Crippen molar-refractivity contribution >= 4 is 0 Å². The fraction of sp³-hybridized carbons (Fsp3) is 0.580. The van der Waals surface area contributed by atoms with Crippen LogP contribution in [0.15, 0.2) is 140 Å². The molecule has 0 saturated heterocycles. The molecule has 2 aliphatic carbocycles. The second-order valence-electron chi connectivity index (χ2n) is 33.5. The molecule has 0 heterocycles. The maximum atomic E-state index is 6.75. The molecule has 0 N–H and O–H groups in total. The Morgan fingerprint density at radius 3 is 1.04 bits per heavy atom. The third-order valence-electron chi connectivity index (χ3n) is 23.1. The van der Waals surface area contributed by atoms with Crippen molar-refractivity contribution in [3.63, 3.8) is 0 Å². The van der Waals surface area contributed by atoms with Gasteiger partial charge in [0.2, 0.25) is 0 Å².